The van der Waals surface area contributed by atoms with E-state index in [1.807, 2.05) is 11.8 Å². The third-order valence-electron chi connectivity index (χ3n) is 4.02. The summed E-state index contributed by atoms with van der Waals surface area (Å²) >= 11 is 1.81. The molecule has 3 rings (SSSR count). The fourth-order valence-electron chi connectivity index (χ4n) is 2.93. The van der Waals surface area contributed by atoms with Crippen LogP contribution in [0.15, 0.2) is 23.1 Å². The van der Waals surface area contributed by atoms with Gasteiger partial charge < -0.3 is 5.32 Å². The van der Waals surface area contributed by atoms with Crippen molar-refractivity contribution < 1.29 is 4.79 Å². The number of hydrogen-bond donors (Lipinski definition) is 1. The third kappa shape index (κ3) is 2.34. The van der Waals surface area contributed by atoms with Crippen LogP contribution in [0.1, 0.15) is 35.7 Å². The molecule has 0 aromatic heterocycles. The lowest BCUT2D eigenvalue weighted by Gasteiger charge is -2.23. The van der Waals surface area contributed by atoms with Gasteiger partial charge in [-0.25, -0.2) is 0 Å². The van der Waals surface area contributed by atoms with E-state index in [1.54, 1.807) is 0 Å². The summed E-state index contributed by atoms with van der Waals surface area (Å²) in [5.41, 5.74) is 2.63. The van der Waals surface area contributed by atoms with E-state index in [4.69, 9.17) is 0 Å². The Labute approximate surface area is 113 Å². The SMILES string of the molecule is CC1(Cc2ccc3c(c2)C(=O)CCS3)CCNC1. The van der Waals surface area contributed by atoms with Crippen LogP contribution < -0.4 is 5.32 Å². The molecule has 1 unspecified atom stereocenters. The van der Waals surface area contributed by atoms with Gasteiger partial charge in [0.05, 0.1) is 0 Å². The summed E-state index contributed by atoms with van der Waals surface area (Å²) in [7, 11) is 0. The van der Waals surface area contributed by atoms with E-state index in [-0.39, 0.29) is 0 Å². The Morgan fingerprint density at radius 1 is 1.44 bits per heavy atom. The maximum absolute atomic E-state index is 11.9. The zero-order chi connectivity index (χ0) is 12.6. The highest BCUT2D eigenvalue weighted by Crippen LogP contribution is 2.34. The smallest absolute Gasteiger partial charge is 0.164 e. The third-order valence-corrected chi connectivity index (χ3v) is 5.09. The van der Waals surface area contributed by atoms with Crippen molar-refractivity contribution in [2.24, 2.45) is 5.41 Å². The number of nitrogens with one attached hydrogen (secondary N) is 1. The van der Waals surface area contributed by atoms with Gasteiger partial charge in [0.2, 0.25) is 0 Å². The molecule has 0 aliphatic carbocycles. The van der Waals surface area contributed by atoms with Crippen molar-refractivity contribution in [3.63, 3.8) is 0 Å². The molecule has 1 aromatic rings. The van der Waals surface area contributed by atoms with E-state index in [1.165, 1.54) is 16.9 Å². The van der Waals surface area contributed by atoms with Crippen molar-refractivity contribution in [1.29, 1.82) is 0 Å². The Balaban J connectivity index is 1.85. The Morgan fingerprint density at radius 3 is 3.11 bits per heavy atom. The van der Waals surface area contributed by atoms with Crippen molar-refractivity contribution in [2.45, 2.75) is 31.1 Å². The van der Waals surface area contributed by atoms with Gasteiger partial charge in [-0.3, -0.25) is 4.79 Å². The average molecular weight is 261 g/mol. The summed E-state index contributed by atoms with van der Waals surface area (Å²) < 4.78 is 0. The van der Waals surface area contributed by atoms with Gasteiger partial charge >= 0.3 is 0 Å². The maximum Gasteiger partial charge on any atom is 0.164 e. The van der Waals surface area contributed by atoms with Crippen molar-refractivity contribution in [1.82, 2.24) is 5.32 Å². The molecule has 18 heavy (non-hydrogen) atoms. The van der Waals surface area contributed by atoms with Crippen molar-refractivity contribution >= 4 is 17.5 Å². The van der Waals surface area contributed by atoms with E-state index < -0.39 is 0 Å². The molecule has 2 aliphatic heterocycles. The van der Waals surface area contributed by atoms with Crippen molar-refractivity contribution in [2.75, 3.05) is 18.8 Å². The van der Waals surface area contributed by atoms with Crippen LogP contribution in [0.25, 0.3) is 0 Å². The summed E-state index contributed by atoms with van der Waals surface area (Å²) in [5, 5.41) is 3.43. The van der Waals surface area contributed by atoms with Gasteiger partial charge in [0.25, 0.3) is 0 Å². The first-order valence-corrected chi connectivity index (χ1v) is 7.65. The molecule has 1 saturated heterocycles. The second-order valence-electron chi connectivity index (χ2n) is 5.77. The molecule has 0 bridgehead atoms. The fraction of sp³-hybridized carbons (Fsp3) is 0.533. The van der Waals surface area contributed by atoms with Crippen LogP contribution in [-0.4, -0.2) is 24.6 Å². The molecule has 0 amide bonds. The Hall–Kier alpha value is -0.800. The van der Waals surface area contributed by atoms with E-state index in [9.17, 15) is 4.79 Å². The molecule has 1 atom stereocenters. The molecule has 2 aliphatic rings. The van der Waals surface area contributed by atoms with Gasteiger partial charge in [-0.15, -0.1) is 11.8 Å². The number of ketones is 1. The van der Waals surface area contributed by atoms with Crippen molar-refractivity contribution in [3.05, 3.63) is 29.3 Å². The first-order chi connectivity index (χ1) is 8.66. The standard InChI is InChI=1S/C15H19NOS/c1-15(5-6-16-10-15)9-11-2-3-14-12(8-11)13(17)4-7-18-14/h2-3,8,16H,4-7,9-10H2,1H3. The number of carbonyl (C=O) groups is 1. The number of Topliss-reactive ketones (excluding diaryl/α,β-unsaturated/α-hetero) is 1. The number of rotatable bonds is 2. The molecule has 2 nitrogen and oxygen atoms in total. The summed E-state index contributed by atoms with van der Waals surface area (Å²) in [6.45, 7) is 4.55. The van der Waals surface area contributed by atoms with Gasteiger partial charge in [-0.2, -0.15) is 0 Å². The van der Waals surface area contributed by atoms with Crippen LogP contribution in [-0.2, 0) is 6.42 Å². The van der Waals surface area contributed by atoms with Crippen LogP contribution in [0.2, 0.25) is 0 Å². The fourth-order valence-corrected chi connectivity index (χ4v) is 3.93. The Morgan fingerprint density at radius 2 is 2.33 bits per heavy atom. The molecule has 96 valence electrons. The predicted octanol–water partition coefficient (Wildman–Crippen LogP) is 2.91. The highest BCUT2D eigenvalue weighted by molar-refractivity contribution is 7.99. The minimum absolute atomic E-state index is 0.320. The molecule has 0 radical (unpaired) electrons. The number of hydrogen-bond acceptors (Lipinski definition) is 3. The topological polar surface area (TPSA) is 29.1 Å². The summed E-state index contributed by atoms with van der Waals surface area (Å²) in [6, 6.07) is 6.47. The molecule has 1 N–H and O–H groups in total. The van der Waals surface area contributed by atoms with Crippen molar-refractivity contribution in [3.8, 4) is 0 Å². The van der Waals surface area contributed by atoms with Gasteiger partial charge in [-0.1, -0.05) is 13.0 Å². The molecular weight excluding hydrogens is 242 g/mol. The molecule has 1 aromatic carbocycles. The zero-order valence-electron chi connectivity index (χ0n) is 10.8. The van der Waals surface area contributed by atoms with Crippen LogP contribution in [0, 0.1) is 5.41 Å². The van der Waals surface area contributed by atoms with E-state index in [0.717, 1.165) is 30.8 Å². The summed E-state index contributed by atoms with van der Waals surface area (Å²) in [5.74, 6) is 1.26. The van der Waals surface area contributed by atoms with Gasteiger partial charge in [0.15, 0.2) is 5.78 Å². The number of fused-ring (bicyclic) bond motifs is 1. The molecule has 0 saturated carbocycles. The molecular formula is C15H19NOS. The normalized spacial score (nSPS) is 27.3. The second-order valence-corrected chi connectivity index (χ2v) is 6.90. The highest BCUT2D eigenvalue weighted by Gasteiger charge is 2.29. The zero-order valence-corrected chi connectivity index (χ0v) is 11.6. The summed E-state index contributed by atoms with van der Waals surface area (Å²) in [6.07, 6.45) is 3.00. The van der Waals surface area contributed by atoms with E-state index in [0.29, 0.717) is 17.6 Å². The lowest BCUT2D eigenvalue weighted by molar-refractivity contribution is 0.0984. The van der Waals surface area contributed by atoms with Gasteiger partial charge in [0.1, 0.15) is 0 Å². The Bertz CT molecular complexity index is 477. The highest BCUT2D eigenvalue weighted by atomic mass is 32.2. The van der Waals surface area contributed by atoms with E-state index >= 15 is 0 Å². The largest absolute Gasteiger partial charge is 0.316 e. The number of carbonyl (C=O) groups excluding carboxylic acids is 1. The molecule has 3 heteroatoms. The quantitative estimate of drug-likeness (QED) is 0.887. The monoisotopic (exact) mass is 261 g/mol. The second kappa shape index (κ2) is 4.71. The maximum atomic E-state index is 11.9. The predicted molar refractivity (Wildman–Crippen MR) is 75.4 cm³/mol. The molecule has 2 heterocycles. The van der Waals surface area contributed by atoms with Gasteiger partial charge in [0, 0.05) is 29.2 Å². The van der Waals surface area contributed by atoms with E-state index in [2.05, 4.69) is 30.4 Å². The van der Waals surface area contributed by atoms with Crippen LogP contribution >= 0.6 is 11.8 Å². The molecule has 1 fully saturated rings. The molecule has 0 spiro atoms. The first-order valence-electron chi connectivity index (χ1n) is 6.66. The lowest BCUT2D eigenvalue weighted by atomic mass is 9.82. The number of thioether (sulfide) groups is 1. The number of benzene rings is 1. The Kier molecular flexibility index (Phi) is 3.20. The summed E-state index contributed by atoms with van der Waals surface area (Å²) in [4.78, 5) is 13.1. The van der Waals surface area contributed by atoms with Gasteiger partial charge in [-0.05, 0) is 42.5 Å². The van der Waals surface area contributed by atoms with Crippen LogP contribution in [0.4, 0.5) is 0 Å². The minimum atomic E-state index is 0.320. The first kappa shape index (κ1) is 12.2. The van der Waals surface area contributed by atoms with Crippen LogP contribution in [0.3, 0.4) is 0 Å². The average Bonchev–Trinajstić information content (AvgIpc) is 2.77. The minimum Gasteiger partial charge on any atom is -0.316 e. The van der Waals surface area contributed by atoms with Crippen LogP contribution in [0.5, 0.6) is 0 Å². The lowest BCUT2D eigenvalue weighted by Crippen LogP contribution is -2.23.